The number of amides is 2. The molecule has 62 heavy (non-hydrogen) atoms. The third-order valence-electron chi connectivity index (χ3n) is 14.6. The van der Waals surface area contributed by atoms with Gasteiger partial charge in [-0.15, -0.1) is 0 Å². The zero-order valence-corrected chi connectivity index (χ0v) is 37.6. The summed E-state index contributed by atoms with van der Waals surface area (Å²) in [6.45, 7) is 13.2. The van der Waals surface area contributed by atoms with E-state index in [9.17, 15) is 29.4 Å². The van der Waals surface area contributed by atoms with Gasteiger partial charge in [0.05, 0.1) is 36.0 Å². The van der Waals surface area contributed by atoms with Crippen LogP contribution in [0.1, 0.15) is 141 Å². The fraction of sp³-hybridized carbons (Fsp3) is 0.714. The van der Waals surface area contributed by atoms with Gasteiger partial charge >= 0.3 is 11.9 Å². The van der Waals surface area contributed by atoms with Crippen LogP contribution < -0.4 is 10.6 Å². The topological polar surface area (TPSA) is 182 Å². The van der Waals surface area contributed by atoms with Gasteiger partial charge in [0.25, 0.3) is 0 Å². The molecule has 1 aromatic carbocycles. The number of hydrogen-bond donors (Lipinski definition) is 4. The van der Waals surface area contributed by atoms with Gasteiger partial charge in [0.1, 0.15) is 30.0 Å². The van der Waals surface area contributed by atoms with Crippen molar-refractivity contribution in [1.29, 1.82) is 0 Å². The minimum absolute atomic E-state index is 0.00363. The van der Waals surface area contributed by atoms with Crippen molar-refractivity contribution in [3.8, 4) is 0 Å². The summed E-state index contributed by atoms with van der Waals surface area (Å²) in [6.07, 6.45) is 10.3. The zero-order chi connectivity index (χ0) is 44.4. The van der Waals surface area contributed by atoms with Crippen LogP contribution in [0.5, 0.6) is 0 Å². The largest absolute Gasteiger partial charge is 0.460 e. The smallest absolute Gasteiger partial charge is 0.338 e. The Bertz CT molecular complexity index is 1930. The van der Waals surface area contributed by atoms with E-state index in [0.717, 1.165) is 50.5 Å². The number of nitrogens with one attached hydrogen (secondary N) is 2. The molecule has 0 radical (unpaired) electrons. The summed E-state index contributed by atoms with van der Waals surface area (Å²) in [7, 11) is 0. The van der Waals surface area contributed by atoms with Gasteiger partial charge in [0.2, 0.25) is 11.8 Å². The van der Waals surface area contributed by atoms with Crippen molar-refractivity contribution in [2.75, 3.05) is 6.61 Å². The lowest BCUT2D eigenvalue weighted by Crippen LogP contribution is -2.55. The predicted molar refractivity (Wildman–Crippen MR) is 229 cm³/mol. The monoisotopic (exact) mass is 860 g/mol. The van der Waals surface area contributed by atoms with Gasteiger partial charge in [-0.1, -0.05) is 37.6 Å². The average Bonchev–Trinajstić information content (AvgIpc) is 4.12. The highest BCUT2D eigenvalue weighted by atomic mass is 16.8. The molecule has 8 rings (SSSR count). The standard InChI is InChI=1S/C49H68N2O11/c1-27(53)41(44(56)50-34(26-52)17-19-40(54)61-46(2,3)4)51-43(55)31-23-37(42-38(24-31)59-49(62-42,32-13-14-32)33-15-16-33)58-45(57)29-10-8-28(9-11-29)22-30-12-18-39-48(7,60-39)21-20-36-35(30)25-47(36,5)6/h8-11,22,24,27,32-39,41-42,52-53H,12-21,23,25-26H2,1-7H3,(H,50,56)(H,51,55)/t27-,34-,35+,36+,37+,38+,39?,41+,42-,48+/m0/s1. The Morgan fingerprint density at radius 1 is 0.952 bits per heavy atom. The highest BCUT2D eigenvalue weighted by molar-refractivity contribution is 5.98. The molecule has 4 N–H and O–H groups in total. The highest BCUT2D eigenvalue weighted by Gasteiger charge is 2.65. The zero-order valence-electron chi connectivity index (χ0n) is 37.6. The van der Waals surface area contributed by atoms with Crippen LogP contribution in [0, 0.1) is 29.1 Å². The van der Waals surface area contributed by atoms with Crippen molar-refractivity contribution >= 4 is 29.8 Å². The van der Waals surface area contributed by atoms with Crippen LogP contribution in [0.3, 0.4) is 0 Å². The number of aliphatic hydroxyl groups is 2. The maximum atomic E-state index is 14.0. The average molecular weight is 861 g/mol. The van der Waals surface area contributed by atoms with E-state index in [2.05, 4.69) is 37.5 Å². The van der Waals surface area contributed by atoms with E-state index in [1.165, 1.54) is 25.3 Å². The summed E-state index contributed by atoms with van der Waals surface area (Å²) in [5, 5.41) is 26.0. The molecule has 0 spiro atoms. The number of aliphatic hydroxyl groups excluding tert-OH is 2. The first-order valence-electron chi connectivity index (χ1n) is 23.1. The molecule has 13 heteroatoms. The number of carbonyl (C=O) groups excluding carboxylic acids is 4. The molecule has 1 aromatic rings. The van der Waals surface area contributed by atoms with Gasteiger partial charge in [0.15, 0.2) is 5.79 Å². The molecule has 13 nitrogen and oxygen atoms in total. The van der Waals surface area contributed by atoms with Crippen LogP contribution >= 0.6 is 0 Å². The SMILES string of the molecule is C[C@H](O)[C@@H](NC(=O)C1=C[C@H]2OC(C3CC3)(C3CC3)O[C@H]2[C@H](OC(=O)c2ccc(C=C3CCC4O[C@]4(C)CC[C@@H]4[C@@H]3CC4(C)C)cc2)C1)C(=O)N[C@H](CO)CCC(=O)OC(C)(C)C. The Morgan fingerprint density at radius 2 is 1.65 bits per heavy atom. The molecule has 2 saturated heterocycles. The fourth-order valence-electron chi connectivity index (χ4n) is 10.7. The number of esters is 2. The van der Waals surface area contributed by atoms with Crippen molar-refractivity contribution in [1.82, 2.24) is 10.6 Å². The molecule has 340 valence electrons. The van der Waals surface area contributed by atoms with Crippen LogP contribution in [0.25, 0.3) is 6.08 Å². The molecule has 2 aliphatic heterocycles. The van der Waals surface area contributed by atoms with Crippen molar-refractivity contribution in [3.05, 3.63) is 52.6 Å². The molecule has 6 fully saturated rings. The summed E-state index contributed by atoms with van der Waals surface area (Å²) in [5.41, 5.74) is 2.77. The Hall–Kier alpha value is -3.62. The molecular weight excluding hydrogens is 793 g/mol. The molecular formula is C49H68N2O11. The lowest BCUT2D eigenvalue weighted by atomic mass is 9.52. The van der Waals surface area contributed by atoms with Crippen molar-refractivity contribution in [2.45, 2.75) is 185 Å². The van der Waals surface area contributed by atoms with Gasteiger partial charge in [-0.2, -0.15) is 0 Å². The Kier molecular flexibility index (Phi) is 12.4. The molecule has 5 aliphatic carbocycles. The van der Waals surface area contributed by atoms with Crippen molar-refractivity contribution in [3.63, 3.8) is 0 Å². The van der Waals surface area contributed by atoms with Crippen molar-refractivity contribution < 1.29 is 53.1 Å². The second-order valence-electron chi connectivity index (χ2n) is 21.2. The Balaban J connectivity index is 0.952. The van der Waals surface area contributed by atoms with Crippen LogP contribution in [-0.4, -0.2) is 100 Å². The summed E-state index contributed by atoms with van der Waals surface area (Å²) >= 11 is 0. The lowest BCUT2D eigenvalue weighted by molar-refractivity contribution is -0.209. The summed E-state index contributed by atoms with van der Waals surface area (Å²) in [5.74, 6) is -1.53. The van der Waals surface area contributed by atoms with E-state index in [1.807, 2.05) is 12.1 Å². The maximum absolute atomic E-state index is 14.0. The molecule has 0 bridgehead atoms. The molecule has 1 unspecified atom stereocenters. The first kappa shape index (κ1) is 45.0. The molecule has 2 amide bonds. The molecule has 7 aliphatic rings. The number of benzene rings is 1. The van der Waals surface area contributed by atoms with E-state index in [4.69, 9.17) is 23.7 Å². The number of carbonyl (C=O) groups is 4. The first-order valence-corrected chi connectivity index (χ1v) is 23.1. The third kappa shape index (κ3) is 9.72. The van der Waals surface area contributed by atoms with Crippen LogP contribution in [0.2, 0.25) is 0 Å². The third-order valence-corrected chi connectivity index (χ3v) is 14.6. The second-order valence-corrected chi connectivity index (χ2v) is 21.2. The van der Waals surface area contributed by atoms with E-state index in [0.29, 0.717) is 28.9 Å². The van der Waals surface area contributed by atoms with E-state index >= 15 is 0 Å². The van der Waals surface area contributed by atoms with Gasteiger partial charge in [-0.05, 0) is 140 Å². The van der Waals surface area contributed by atoms with Gasteiger partial charge in [-0.25, -0.2) is 4.79 Å². The van der Waals surface area contributed by atoms with Gasteiger partial charge in [0, 0.05) is 30.3 Å². The van der Waals surface area contributed by atoms with Gasteiger partial charge in [-0.3, -0.25) is 14.4 Å². The van der Waals surface area contributed by atoms with E-state index in [-0.39, 0.29) is 42.3 Å². The summed E-state index contributed by atoms with van der Waals surface area (Å²) in [6, 6.07) is 5.31. The molecule has 4 saturated carbocycles. The minimum Gasteiger partial charge on any atom is -0.460 e. The lowest BCUT2D eigenvalue weighted by Gasteiger charge is -2.53. The van der Waals surface area contributed by atoms with E-state index in [1.54, 1.807) is 39.0 Å². The van der Waals surface area contributed by atoms with Crippen LogP contribution in [0.4, 0.5) is 0 Å². The number of allylic oxidation sites excluding steroid dienone is 1. The molecule has 0 aromatic heterocycles. The van der Waals surface area contributed by atoms with Crippen molar-refractivity contribution in [2.24, 2.45) is 29.1 Å². The van der Waals surface area contributed by atoms with Crippen LogP contribution in [0.15, 0.2) is 41.5 Å². The number of ether oxygens (including phenoxy) is 5. The number of rotatable bonds is 14. The Labute approximate surface area is 366 Å². The Morgan fingerprint density at radius 3 is 2.26 bits per heavy atom. The normalized spacial score (nSPS) is 33.0. The number of epoxide rings is 1. The van der Waals surface area contributed by atoms with Gasteiger partial charge < -0.3 is 44.5 Å². The number of hydrogen-bond acceptors (Lipinski definition) is 11. The second kappa shape index (κ2) is 17.1. The molecule has 2 heterocycles. The summed E-state index contributed by atoms with van der Waals surface area (Å²) < 4.78 is 31.3. The highest BCUT2D eigenvalue weighted by Crippen LogP contribution is 2.61. The number of fused-ring (bicyclic) bond motifs is 3. The predicted octanol–water partition coefficient (Wildman–Crippen LogP) is 6.08. The fourth-order valence-corrected chi connectivity index (χ4v) is 10.7. The minimum atomic E-state index is -1.39. The molecule has 10 atom stereocenters. The summed E-state index contributed by atoms with van der Waals surface area (Å²) in [4.78, 5) is 53.7. The van der Waals surface area contributed by atoms with Crippen LogP contribution in [-0.2, 0) is 38.1 Å². The first-order chi connectivity index (χ1) is 29.3. The maximum Gasteiger partial charge on any atom is 0.338 e. The quantitative estimate of drug-likeness (QED) is 0.126. The van der Waals surface area contributed by atoms with E-state index < -0.39 is 78.2 Å².